The Morgan fingerprint density at radius 3 is 2.79 bits per heavy atom. The average Bonchev–Trinajstić information content (AvgIpc) is 3.04. The van der Waals surface area contributed by atoms with Crippen LogP contribution in [-0.4, -0.2) is 18.0 Å². The first-order valence-corrected chi connectivity index (χ1v) is 7.94. The summed E-state index contributed by atoms with van der Waals surface area (Å²) in [4.78, 5) is 15.6. The van der Waals surface area contributed by atoms with E-state index in [-0.39, 0.29) is 5.91 Å². The number of fused-ring (bicyclic) bond motifs is 2. The van der Waals surface area contributed by atoms with Gasteiger partial charge in [-0.05, 0) is 36.8 Å². The van der Waals surface area contributed by atoms with Gasteiger partial charge in [0.15, 0.2) is 0 Å². The molecule has 0 saturated carbocycles. The molecule has 0 spiro atoms. The van der Waals surface area contributed by atoms with Crippen LogP contribution in [0.25, 0.3) is 22.6 Å². The molecule has 4 nitrogen and oxygen atoms in total. The number of benzene rings is 2. The maximum atomic E-state index is 12.4. The van der Waals surface area contributed by atoms with Crippen LogP contribution in [0, 0.1) is 6.92 Å². The van der Waals surface area contributed by atoms with E-state index in [2.05, 4.69) is 10.3 Å². The number of ether oxygens (including phenoxy) is 1. The second-order valence-electron chi connectivity index (χ2n) is 5.78. The van der Waals surface area contributed by atoms with E-state index in [9.17, 15) is 4.79 Å². The zero-order valence-corrected chi connectivity index (χ0v) is 14.0. The van der Waals surface area contributed by atoms with Crippen molar-refractivity contribution in [3.63, 3.8) is 0 Å². The molecule has 0 unspecified atom stereocenters. The Morgan fingerprint density at radius 1 is 1.21 bits per heavy atom. The summed E-state index contributed by atoms with van der Waals surface area (Å²) >= 11 is 6.35. The maximum Gasteiger partial charge on any atom is 0.256 e. The minimum Gasteiger partial charge on any atom is -0.496 e. The molecule has 3 aromatic rings. The molecule has 0 fully saturated rings. The summed E-state index contributed by atoms with van der Waals surface area (Å²) in [5.74, 6) is 0.611. The monoisotopic (exact) mass is 338 g/mol. The summed E-state index contributed by atoms with van der Waals surface area (Å²) in [7, 11) is 1.62. The number of aromatic nitrogens is 1. The lowest BCUT2D eigenvalue weighted by Crippen LogP contribution is -2.03. The summed E-state index contributed by atoms with van der Waals surface area (Å²) in [6.45, 7) is 1.95. The Labute approximate surface area is 144 Å². The number of hydrogen-bond acceptors (Lipinski definition) is 2. The number of aryl methyl sites for hydroxylation is 1. The van der Waals surface area contributed by atoms with Gasteiger partial charge in [0.2, 0.25) is 0 Å². The smallest absolute Gasteiger partial charge is 0.256 e. The van der Waals surface area contributed by atoms with Crippen molar-refractivity contribution in [2.45, 2.75) is 6.92 Å². The average molecular weight is 339 g/mol. The van der Waals surface area contributed by atoms with Gasteiger partial charge in [-0.3, -0.25) is 4.79 Å². The van der Waals surface area contributed by atoms with Crippen LogP contribution >= 0.6 is 11.6 Å². The van der Waals surface area contributed by atoms with Gasteiger partial charge >= 0.3 is 0 Å². The first-order valence-electron chi connectivity index (χ1n) is 7.56. The van der Waals surface area contributed by atoms with Crippen LogP contribution in [-0.2, 0) is 4.79 Å². The third-order valence-corrected chi connectivity index (χ3v) is 4.60. The van der Waals surface area contributed by atoms with Crippen molar-refractivity contribution < 1.29 is 9.53 Å². The standard InChI is InChI=1S/C19H15ClN2O2/c1-10-7-16-12(9-17(10)24-2)14(19(23)22-16)8-13-11-5-3-4-6-15(11)21-18(13)20/h3-9,21H,1-2H3,(H,22,23)/b14-8+. The molecule has 0 saturated heterocycles. The molecule has 4 rings (SSSR count). The Morgan fingerprint density at radius 2 is 2.00 bits per heavy atom. The number of nitrogens with one attached hydrogen (secondary N) is 2. The van der Waals surface area contributed by atoms with Gasteiger partial charge in [-0.2, -0.15) is 0 Å². The van der Waals surface area contributed by atoms with E-state index in [4.69, 9.17) is 16.3 Å². The van der Waals surface area contributed by atoms with Crippen LogP contribution in [0.2, 0.25) is 5.15 Å². The van der Waals surface area contributed by atoms with Gasteiger partial charge in [0, 0.05) is 33.3 Å². The highest BCUT2D eigenvalue weighted by Crippen LogP contribution is 2.39. The molecule has 0 bridgehead atoms. The van der Waals surface area contributed by atoms with E-state index in [0.717, 1.165) is 39.0 Å². The van der Waals surface area contributed by atoms with E-state index >= 15 is 0 Å². The second-order valence-corrected chi connectivity index (χ2v) is 6.16. The number of aromatic amines is 1. The predicted molar refractivity (Wildman–Crippen MR) is 97.5 cm³/mol. The number of carbonyl (C=O) groups is 1. The van der Waals surface area contributed by atoms with Crippen LogP contribution in [0.15, 0.2) is 36.4 Å². The van der Waals surface area contributed by atoms with Crippen molar-refractivity contribution in [2.75, 3.05) is 12.4 Å². The summed E-state index contributed by atoms with van der Waals surface area (Å²) in [5, 5.41) is 4.40. The van der Waals surface area contributed by atoms with Crippen LogP contribution < -0.4 is 10.1 Å². The summed E-state index contributed by atoms with van der Waals surface area (Å²) < 4.78 is 5.38. The van der Waals surface area contributed by atoms with E-state index < -0.39 is 0 Å². The zero-order chi connectivity index (χ0) is 16.8. The normalized spacial score (nSPS) is 15.0. The van der Waals surface area contributed by atoms with Gasteiger partial charge in [-0.15, -0.1) is 0 Å². The number of amides is 1. The number of H-pyrrole nitrogens is 1. The highest BCUT2D eigenvalue weighted by atomic mass is 35.5. The van der Waals surface area contributed by atoms with Crippen molar-refractivity contribution in [1.29, 1.82) is 0 Å². The molecule has 1 aromatic heterocycles. The largest absolute Gasteiger partial charge is 0.496 e. The van der Waals surface area contributed by atoms with Crippen LogP contribution in [0.5, 0.6) is 5.75 Å². The molecule has 1 aliphatic rings. The number of rotatable bonds is 2. The molecule has 1 aliphatic heterocycles. The van der Waals surface area contributed by atoms with Crippen LogP contribution in [0.1, 0.15) is 16.7 Å². The minimum absolute atomic E-state index is 0.140. The van der Waals surface area contributed by atoms with E-state index in [1.54, 1.807) is 7.11 Å². The summed E-state index contributed by atoms with van der Waals surface area (Å²) in [6, 6.07) is 11.6. The molecule has 5 heteroatoms. The van der Waals surface area contributed by atoms with Crippen LogP contribution in [0.3, 0.4) is 0 Å². The third kappa shape index (κ3) is 2.19. The van der Waals surface area contributed by atoms with Crippen molar-refractivity contribution in [3.05, 3.63) is 58.2 Å². The number of hydrogen-bond donors (Lipinski definition) is 2. The molecule has 120 valence electrons. The molecule has 2 heterocycles. The fourth-order valence-electron chi connectivity index (χ4n) is 3.11. The number of carbonyl (C=O) groups excluding carboxylic acids is 1. The van der Waals surface area contributed by atoms with E-state index in [1.807, 2.05) is 49.4 Å². The lowest BCUT2D eigenvalue weighted by molar-refractivity contribution is -0.110. The van der Waals surface area contributed by atoms with Gasteiger partial charge in [0.1, 0.15) is 10.9 Å². The first kappa shape index (κ1) is 14.8. The molecule has 0 atom stereocenters. The van der Waals surface area contributed by atoms with E-state index in [0.29, 0.717) is 10.7 Å². The summed E-state index contributed by atoms with van der Waals surface area (Å²) in [6.07, 6.45) is 1.83. The highest BCUT2D eigenvalue weighted by Gasteiger charge is 2.26. The van der Waals surface area contributed by atoms with Crippen molar-refractivity contribution in [2.24, 2.45) is 0 Å². The molecular weight excluding hydrogens is 324 g/mol. The number of para-hydroxylation sites is 1. The predicted octanol–water partition coefficient (Wildman–Crippen LogP) is 4.63. The van der Waals surface area contributed by atoms with Gasteiger partial charge < -0.3 is 15.0 Å². The number of methoxy groups -OCH3 is 1. The molecule has 0 radical (unpaired) electrons. The molecule has 24 heavy (non-hydrogen) atoms. The first-order chi connectivity index (χ1) is 11.6. The van der Waals surface area contributed by atoms with Crippen molar-refractivity contribution >= 4 is 45.7 Å². The van der Waals surface area contributed by atoms with Gasteiger partial charge in [0.25, 0.3) is 5.91 Å². The fourth-order valence-corrected chi connectivity index (χ4v) is 3.36. The lowest BCUT2D eigenvalue weighted by atomic mass is 10.0. The summed E-state index contributed by atoms with van der Waals surface area (Å²) in [5.41, 5.74) is 4.92. The van der Waals surface area contributed by atoms with Crippen molar-refractivity contribution in [1.82, 2.24) is 4.98 Å². The Bertz CT molecular complexity index is 1020. The second kappa shape index (κ2) is 5.42. The van der Waals surface area contributed by atoms with Gasteiger partial charge in [0.05, 0.1) is 7.11 Å². The number of halogens is 1. The topological polar surface area (TPSA) is 54.1 Å². The highest BCUT2D eigenvalue weighted by molar-refractivity contribution is 6.38. The quantitative estimate of drug-likeness (QED) is 0.669. The molecular formula is C19H15ClN2O2. The fraction of sp³-hybridized carbons (Fsp3) is 0.105. The van der Waals surface area contributed by atoms with Gasteiger partial charge in [-0.25, -0.2) is 0 Å². The third-order valence-electron chi connectivity index (χ3n) is 4.30. The lowest BCUT2D eigenvalue weighted by Gasteiger charge is -2.07. The Kier molecular flexibility index (Phi) is 3.36. The SMILES string of the molecule is COc1cc2c(cc1C)NC(=O)/C2=C/c1c(Cl)[nH]c2ccccc12. The Balaban J connectivity index is 1.93. The van der Waals surface area contributed by atoms with E-state index in [1.165, 1.54) is 0 Å². The van der Waals surface area contributed by atoms with Gasteiger partial charge in [-0.1, -0.05) is 29.8 Å². The molecule has 1 amide bonds. The Hall–Kier alpha value is -2.72. The molecule has 2 aromatic carbocycles. The number of anilines is 1. The maximum absolute atomic E-state index is 12.4. The zero-order valence-electron chi connectivity index (χ0n) is 13.2. The molecule has 0 aliphatic carbocycles. The van der Waals surface area contributed by atoms with Crippen molar-refractivity contribution in [3.8, 4) is 5.75 Å². The molecule has 2 N–H and O–H groups in total. The minimum atomic E-state index is -0.140. The van der Waals surface area contributed by atoms with Crippen LogP contribution in [0.4, 0.5) is 5.69 Å².